The van der Waals surface area contributed by atoms with Crippen LogP contribution in [0.1, 0.15) is 6.23 Å². The van der Waals surface area contributed by atoms with Crippen LogP contribution in [0, 0.1) is 0 Å². The molecule has 2 aromatic heterocycles. The van der Waals surface area contributed by atoms with E-state index >= 15 is 0 Å². The number of nitrogen functional groups attached to an aromatic ring is 1. The van der Waals surface area contributed by atoms with Crippen LogP contribution in [0.5, 0.6) is 0 Å². The molecule has 1 radical (unpaired) electrons. The smallest absolute Gasteiger partial charge is 0.167 e. The third-order valence-electron chi connectivity index (χ3n) is 3.18. The van der Waals surface area contributed by atoms with Crippen molar-refractivity contribution in [2.45, 2.75) is 24.5 Å². The maximum Gasteiger partial charge on any atom is 0.167 e. The van der Waals surface area contributed by atoms with Gasteiger partial charge in [-0.05, 0) is 0 Å². The molecule has 1 aliphatic heterocycles. The molecule has 1 aliphatic rings. The summed E-state index contributed by atoms with van der Waals surface area (Å²) in [7, 11) is 0. The van der Waals surface area contributed by atoms with Gasteiger partial charge in [0, 0.05) is 27.3 Å². The normalized spacial score (nSPS) is 29.6. The first-order valence-corrected chi connectivity index (χ1v) is 5.69. The van der Waals surface area contributed by atoms with E-state index in [-0.39, 0.29) is 33.1 Å². The quantitative estimate of drug-likeness (QED) is 0.357. The minimum absolute atomic E-state index is 0. The number of aliphatic hydroxyl groups is 3. The van der Waals surface area contributed by atoms with Gasteiger partial charge < -0.3 is 25.8 Å². The van der Waals surface area contributed by atoms with Gasteiger partial charge in [-0.25, -0.2) is 15.0 Å². The first kappa shape index (κ1) is 15.5. The summed E-state index contributed by atoms with van der Waals surface area (Å²) in [6.45, 7) is -0.390. The average molecular weight is 472 g/mol. The summed E-state index contributed by atoms with van der Waals surface area (Å²) in [5.74, 6) is 0.218. The van der Waals surface area contributed by atoms with Gasteiger partial charge in [0.15, 0.2) is 17.7 Å². The van der Waals surface area contributed by atoms with E-state index < -0.39 is 31.1 Å². The Bertz CT molecular complexity index is 608. The number of fused-ring (bicyclic) bond motifs is 1. The zero-order chi connectivity index (χ0) is 13.6. The molecule has 0 aromatic carbocycles. The van der Waals surface area contributed by atoms with E-state index in [4.69, 9.17) is 15.6 Å². The summed E-state index contributed by atoms with van der Waals surface area (Å²) < 4.78 is 6.85. The molecule has 4 atom stereocenters. The van der Waals surface area contributed by atoms with Crippen LogP contribution in [-0.4, -0.2) is 87.1 Å². The minimum Gasteiger partial charge on any atom is -0.394 e. The van der Waals surface area contributed by atoms with E-state index in [9.17, 15) is 10.2 Å². The number of hydrogen-bond acceptors (Lipinski definition) is 8. The van der Waals surface area contributed by atoms with E-state index in [0.717, 1.165) is 0 Å². The number of anilines is 1. The van der Waals surface area contributed by atoms with Crippen molar-refractivity contribution in [1.82, 2.24) is 19.5 Å². The maximum atomic E-state index is 9.95. The molecule has 0 unspecified atom stereocenters. The van der Waals surface area contributed by atoms with Gasteiger partial charge in [0.05, 0.1) is 12.9 Å². The van der Waals surface area contributed by atoms with Crippen molar-refractivity contribution < 1.29 is 20.1 Å². The number of rotatable bonds is 2. The van der Waals surface area contributed by atoms with E-state index in [0.29, 0.717) is 11.2 Å². The van der Waals surface area contributed by atoms with Gasteiger partial charge in [0.2, 0.25) is 0 Å². The SMILES string of the molecule is Nc1ncnc2c1ncn2[C@@H]1O[C@H](CO)[C@@H](O)[C@H]1O.[Tl]. The van der Waals surface area contributed by atoms with Crippen molar-refractivity contribution in [1.29, 1.82) is 0 Å². The Balaban J connectivity index is 0.00000147. The summed E-state index contributed by atoms with van der Waals surface area (Å²) in [4.78, 5) is 11.9. The summed E-state index contributed by atoms with van der Waals surface area (Å²) >= 11 is 0. The Morgan fingerprint density at radius 2 is 2.00 bits per heavy atom. The Hall–Kier alpha value is -0.888. The average Bonchev–Trinajstić information content (AvgIpc) is 2.94. The first-order valence-electron chi connectivity index (χ1n) is 5.69. The number of ether oxygens (including phenoxy) is 1. The predicted molar refractivity (Wildman–Crippen MR) is 68.5 cm³/mol. The molecular formula is C10H13N5O4Tl. The summed E-state index contributed by atoms with van der Waals surface area (Å²) in [5, 5.41) is 28.7. The van der Waals surface area contributed by atoms with Gasteiger partial charge in [-0.3, -0.25) is 4.57 Å². The second-order valence-corrected chi connectivity index (χ2v) is 4.31. The standard InChI is InChI=1S/C10H13N5O4.Tl/c11-8-5-9(13-2-12-8)15(3-14-5)10-7(18)6(17)4(1-16)19-10;/h2-4,6-7,10,16-18H,1H2,(H2,11,12,13);/t4-,6-,7-,10-;/m1./s1. The third-order valence-corrected chi connectivity index (χ3v) is 3.18. The Morgan fingerprint density at radius 3 is 2.65 bits per heavy atom. The van der Waals surface area contributed by atoms with Crippen molar-refractivity contribution in [2.75, 3.05) is 12.3 Å². The number of nitrogens with zero attached hydrogens (tertiary/aromatic N) is 4. The van der Waals surface area contributed by atoms with Crippen LogP contribution in [0.25, 0.3) is 11.2 Å². The van der Waals surface area contributed by atoms with Crippen molar-refractivity contribution in [2.24, 2.45) is 0 Å². The molecule has 3 heterocycles. The number of imidazole rings is 1. The number of nitrogens with two attached hydrogens (primary N) is 1. The molecule has 20 heavy (non-hydrogen) atoms. The largest absolute Gasteiger partial charge is 0.394 e. The third kappa shape index (κ3) is 2.28. The molecule has 0 spiro atoms. The van der Waals surface area contributed by atoms with Crippen LogP contribution in [0.3, 0.4) is 0 Å². The topological polar surface area (TPSA) is 140 Å². The van der Waals surface area contributed by atoms with Crippen molar-refractivity contribution in [3.8, 4) is 0 Å². The number of hydrogen-bond donors (Lipinski definition) is 4. The summed E-state index contributed by atoms with van der Waals surface area (Å²) in [6.07, 6.45) is -1.42. The van der Waals surface area contributed by atoms with Gasteiger partial charge in [0.1, 0.15) is 30.2 Å². The molecule has 9 nitrogen and oxygen atoms in total. The summed E-state index contributed by atoms with van der Waals surface area (Å²) in [5.41, 5.74) is 6.44. The van der Waals surface area contributed by atoms with Gasteiger partial charge in [-0.1, -0.05) is 0 Å². The van der Waals surface area contributed by atoms with Crippen LogP contribution in [0.4, 0.5) is 5.82 Å². The van der Waals surface area contributed by atoms with E-state index in [1.807, 2.05) is 0 Å². The molecule has 2 aromatic rings. The Labute approximate surface area is 133 Å². The van der Waals surface area contributed by atoms with Gasteiger partial charge in [-0.15, -0.1) is 0 Å². The fourth-order valence-corrected chi connectivity index (χ4v) is 2.17. The molecule has 5 N–H and O–H groups in total. The molecule has 3 rings (SSSR count). The van der Waals surface area contributed by atoms with Crippen molar-refractivity contribution in [3.05, 3.63) is 12.7 Å². The molecule has 0 aliphatic carbocycles. The predicted octanol–water partition coefficient (Wildman–Crippen LogP) is -2.36. The number of aromatic nitrogens is 4. The molecular weight excluding hydrogens is 459 g/mol. The van der Waals surface area contributed by atoms with Gasteiger partial charge >= 0.3 is 0 Å². The molecule has 105 valence electrons. The van der Waals surface area contributed by atoms with Crippen molar-refractivity contribution >= 4 is 44.3 Å². The second kappa shape index (κ2) is 5.85. The first-order chi connectivity index (χ1) is 9.13. The molecule has 10 heteroatoms. The fraction of sp³-hybridized carbons (Fsp3) is 0.500. The van der Waals surface area contributed by atoms with Gasteiger partial charge in [-0.2, -0.15) is 0 Å². The molecule has 0 amide bonds. The Morgan fingerprint density at radius 1 is 1.25 bits per heavy atom. The molecule has 0 bridgehead atoms. The monoisotopic (exact) mass is 472 g/mol. The fourth-order valence-electron chi connectivity index (χ4n) is 2.17. The zero-order valence-corrected chi connectivity index (χ0v) is 14.9. The van der Waals surface area contributed by atoms with E-state index in [1.54, 1.807) is 0 Å². The van der Waals surface area contributed by atoms with Crippen LogP contribution in [0.15, 0.2) is 12.7 Å². The van der Waals surface area contributed by atoms with Gasteiger partial charge in [0.25, 0.3) is 0 Å². The van der Waals surface area contributed by atoms with E-state index in [2.05, 4.69) is 15.0 Å². The van der Waals surface area contributed by atoms with E-state index in [1.165, 1.54) is 17.2 Å². The molecule has 1 fully saturated rings. The number of aliphatic hydroxyl groups excluding tert-OH is 3. The summed E-state index contributed by atoms with van der Waals surface area (Å²) in [6, 6.07) is 0. The van der Waals surface area contributed by atoms with Crippen LogP contribution >= 0.6 is 0 Å². The van der Waals surface area contributed by atoms with Crippen LogP contribution in [-0.2, 0) is 4.74 Å². The van der Waals surface area contributed by atoms with Crippen LogP contribution in [0.2, 0.25) is 0 Å². The maximum absolute atomic E-state index is 9.95. The second-order valence-electron chi connectivity index (χ2n) is 4.31. The zero-order valence-electron chi connectivity index (χ0n) is 10.4. The van der Waals surface area contributed by atoms with Crippen LogP contribution < -0.4 is 5.73 Å². The molecule has 0 saturated carbocycles. The van der Waals surface area contributed by atoms with Crippen molar-refractivity contribution in [3.63, 3.8) is 0 Å². The Kier molecular flexibility index (Phi) is 4.53. The minimum atomic E-state index is -1.19. The molecule has 1 saturated heterocycles.